The number of primary amides is 1. The van der Waals surface area contributed by atoms with E-state index in [1.54, 1.807) is 0 Å². The van der Waals surface area contributed by atoms with Crippen molar-refractivity contribution in [2.75, 3.05) is 6.61 Å². The van der Waals surface area contributed by atoms with Gasteiger partial charge >= 0.3 is 5.91 Å². The van der Waals surface area contributed by atoms with Crippen molar-refractivity contribution < 1.29 is 29.3 Å². The van der Waals surface area contributed by atoms with Crippen LogP contribution < -0.4 is 5.73 Å². The van der Waals surface area contributed by atoms with E-state index < -0.39 is 36.9 Å². The SMILES string of the molecule is NC(=O)c1nc([C@@H]2O[C@H](CO)[C@@H](O)[C@H]2O)co1. The Bertz CT molecular complexity index is 419. The van der Waals surface area contributed by atoms with Gasteiger partial charge in [0, 0.05) is 0 Å². The summed E-state index contributed by atoms with van der Waals surface area (Å²) in [6, 6.07) is 0. The maximum Gasteiger partial charge on any atom is 0.304 e. The third-order valence-electron chi connectivity index (χ3n) is 2.57. The lowest BCUT2D eigenvalue weighted by atomic mass is 10.1. The number of carbonyl (C=O) groups is 1. The molecule has 2 heterocycles. The summed E-state index contributed by atoms with van der Waals surface area (Å²) in [5.41, 5.74) is 5.09. The van der Waals surface area contributed by atoms with E-state index in [9.17, 15) is 15.0 Å². The summed E-state index contributed by atoms with van der Waals surface area (Å²) in [6.07, 6.45) is -3.22. The number of carbonyl (C=O) groups excluding carboxylic acids is 1. The Kier molecular flexibility index (Phi) is 3.11. The largest absolute Gasteiger partial charge is 0.441 e. The Morgan fingerprint density at radius 2 is 2.18 bits per heavy atom. The van der Waals surface area contributed by atoms with E-state index in [0.29, 0.717) is 0 Å². The summed E-state index contributed by atoms with van der Waals surface area (Å²) >= 11 is 0. The van der Waals surface area contributed by atoms with Crippen LogP contribution in [0.5, 0.6) is 0 Å². The fraction of sp³-hybridized carbons (Fsp3) is 0.556. The molecule has 5 N–H and O–H groups in total. The second-order valence-corrected chi connectivity index (χ2v) is 3.70. The van der Waals surface area contributed by atoms with E-state index in [1.807, 2.05) is 0 Å². The van der Waals surface area contributed by atoms with Gasteiger partial charge in [-0.15, -0.1) is 0 Å². The number of hydrogen-bond acceptors (Lipinski definition) is 7. The molecule has 1 aromatic heterocycles. The van der Waals surface area contributed by atoms with Crippen molar-refractivity contribution in [1.82, 2.24) is 4.98 Å². The summed E-state index contributed by atoms with van der Waals surface area (Å²) < 4.78 is 9.96. The molecule has 8 nitrogen and oxygen atoms in total. The molecule has 0 saturated carbocycles. The van der Waals surface area contributed by atoms with Crippen molar-refractivity contribution in [2.45, 2.75) is 24.4 Å². The van der Waals surface area contributed by atoms with Crippen molar-refractivity contribution in [1.29, 1.82) is 0 Å². The van der Waals surface area contributed by atoms with Crippen LogP contribution in [-0.4, -0.2) is 51.1 Å². The van der Waals surface area contributed by atoms with Crippen LogP contribution >= 0.6 is 0 Å². The van der Waals surface area contributed by atoms with Crippen molar-refractivity contribution >= 4 is 5.91 Å². The predicted octanol–water partition coefficient (Wildman–Crippen LogP) is -2.07. The Labute approximate surface area is 95.6 Å². The first-order valence-corrected chi connectivity index (χ1v) is 4.92. The lowest BCUT2D eigenvalue weighted by Crippen LogP contribution is -2.32. The first-order valence-electron chi connectivity index (χ1n) is 4.92. The maximum absolute atomic E-state index is 10.8. The summed E-state index contributed by atoms with van der Waals surface area (Å²) in [5, 5.41) is 28.1. The highest BCUT2D eigenvalue weighted by Gasteiger charge is 2.44. The zero-order valence-electron chi connectivity index (χ0n) is 8.68. The molecule has 1 aliphatic heterocycles. The van der Waals surface area contributed by atoms with Crippen LogP contribution in [0, 0.1) is 0 Å². The molecule has 1 fully saturated rings. The number of amides is 1. The molecule has 1 aliphatic rings. The number of nitrogens with two attached hydrogens (primary N) is 1. The molecular formula is C9H12N2O6. The number of aliphatic hydroxyl groups excluding tert-OH is 3. The van der Waals surface area contributed by atoms with Crippen LogP contribution in [0.25, 0.3) is 0 Å². The lowest BCUT2D eigenvalue weighted by Gasteiger charge is -2.11. The average Bonchev–Trinajstić information content (AvgIpc) is 2.87. The van der Waals surface area contributed by atoms with E-state index in [-0.39, 0.29) is 11.6 Å². The van der Waals surface area contributed by atoms with Gasteiger partial charge in [-0.2, -0.15) is 0 Å². The molecule has 17 heavy (non-hydrogen) atoms. The molecule has 4 atom stereocenters. The van der Waals surface area contributed by atoms with E-state index >= 15 is 0 Å². The average molecular weight is 244 g/mol. The Morgan fingerprint density at radius 3 is 2.65 bits per heavy atom. The minimum Gasteiger partial charge on any atom is -0.441 e. The molecule has 2 rings (SSSR count). The van der Waals surface area contributed by atoms with Gasteiger partial charge in [0.05, 0.1) is 6.61 Å². The number of aromatic nitrogens is 1. The minimum absolute atomic E-state index is 0.140. The first kappa shape index (κ1) is 12.0. The number of oxazole rings is 1. The second-order valence-electron chi connectivity index (χ2n) is 3.70. The van der Waals surface area contributed by atoms with Crippen LogP contribution in [0.1, 0.15) is 22.5 Å². The molecular weight excluding hydrogens is 232 g/mol. The number of ether oxygens (including phenoxy) is 1. The highest BCUT2D eigenvalue weighted by atomic mass is 16.6. The Hall–Kier alpha value is -1.48. The van der Waals surface area contributed by atoms with E-state index in [0.717, 1.165) is 6.26 Å². The molecule has 8 heteroatoms. The number of nitrogens with zero attached hydrogens (tertiary/aromatic N) is 1. The van der Waals surface area contributed by atoms with Crippen molar-refractivity contribution in [3.8, 4) is 0 Å². The molecule has 1 saturated heterocycles. The second kappa shape index (κ2) is 4.41. The number of rotatable bonds is 3. The smallest absolute Gasteiger partial charge is 0.304 e. The number of hydrogen-bond donors (Lipinski definition) is 4. The molecule has 0 radical (unpaired) electrons. The van der Waals surface area contributed by atoms with E-state index in [2.05, 4.69) is 4.98 Å². The van der Waals surface area contributed by atoms with Crippen LogP contribution in [0.3, 0.4) is 0 Å². The maximum atomic E-state index is 10.8. The third kappa shape index (κ3) is 2.03. The van der Waals surface area contributed by atoms with Crippen molar-refractivity contribution in [3.05, 3.63) is 17.8 Å². The first-order chi connectivity index (χ1) is 8.04. The highest BCUT2D eigenvalue weighted by molar-refractivity contribution is 5.87. The van der Waals surface area contributed by atoms with Gasteiger partial charge in [-0.05, 0) is 0 Å². The van der Waals surface area contributed by atoms with Crippen LogP contribution in [0.2, 0.25) is 0 Å². The molecule has 1 aromatic rings. The summed E-state index contributed by atoms with van der Waals surface area (Å²) in [6.45, 7) is -0.435. The zero-order chi connectivity index (χ0) is 12.6. The molecule has 94 valence electrons. The molecule has 0 aliphatic carbocycles. The van der Waals surface area contributed by atoms with Crippen LogP contribution in [0.4, 0.5) is 0 Å². The van der Waals surface area contributed by atoms with Gasteiger partial charge in [-0.3, -0.25) is 4.79 Å². The monoisotopic (exact) mass is 244 g/mol. The van der Waals surface area contributed by atoms with Gasteiger partial charge < -0.3 is 30.2 Å². The van der Waals surface area contributed by atoms with Crippen molar-refractivity contribution in [2.24, 2.45) is 5.73 Å². The van der Waals surface area contributed by atoms with Gasteiger partial charge in [0.1, 0.15) is 36.4 Å². The highest BCUT2D eigenvalue weighted by Crippen LogP contribution is 2.32. The van der Waals surface area contributed by atoms with Gasteiger partial charge in [0.2, 0.25) is 0 Å². The Balaban J connectivity index is 2.19. The van der Waals surface area contributed by atoms with E-state index in [1.165, 1.54) is 0 Å². The summed E-state index contributed by atoms with van der Waals surface area (Å²) in [7, 11) is 0. The quantitative estimate of drug-likeness (QED) is 0.478. The van der Waals surface area contributed by atoms with Crippen molar-refractivity contribution in [3.63, 3.8) is 0 Å². The molecule has 0 bridgehead atoms. The van der Waals surface area contributed by atoms with Crippen LogP contribution in [-0.2, 0) is 4.74 Å². The van der Waals surface area contributed by atoms with Gasteiger partial charge in [-0.1, -0.05) is 0 Å². The Morgan fingerprint density at radius 1 is 1.47 bits per heavy atom. The minimum atomic E-state index is -1.25. The number of aliphatic hydroxyl groups is 3. The molecule has 0 aromatic carbocycles. The molecule has 0 spiro atoms. The molecule has 1 amide bonds. The summed E-state index contributed by atoms with van der Waals surface area (Å²) in [4.78, 5) is 14.5. The topological polar surface area (TPSA) is 139 Å². The summed E-state index contributed by atoms with van der Waals surface area (Å²) in [5.74, 6) is -1.15. The van der Waals surface area contributed by atoms with Gasteiger partial charge in [0.15, 0.2) is 0 Å². The third-order valence-corrected chi connectivity index (χ3v) is 2.57. The lowest BCUT2D eigenvalue weighted by molar-refractivity contribution is -0.0239. The standard InChI is InChI=1S/C9H12N2O6/c10-8(15)9-11-3(2-16-9)7-6(14)5(13)4(1-12)17-7/h2,4-7,12-14H,1H2,(H2,10,15)/t4-,5-,6-,7+/m1/s1. The van der Waals surface area contributed by atoms with Crippen LogP contribution in [0.15, 0.2) is 10.7 Å². The predicted molar refractivity (Wildman–Crippen MR) is 51.7 cm³/mol. The van der Waals surface area contributed by atoms with Gasteiger partial charge in [0.25, 0.3) is 5.89 Å². The van der Waals surface area contributed by atoms with E-state index in [4.69, 9.17) is 20.0 Å². The fourth-order valence-corrected chi connectivity index (χ4v) is 1.67. The molecule has 0 unspecified atom stereocenters. The normalized spacial score (nSPS) is 32.9. The fourth-order valence-electron chi connectivity index (χ4n) is 1.67. The van der Waals surface area contributed by atoms with Gasteiger partial charge in [-0.25, -0.2) is 4.98 Å². The zero-order valence-corrected chi connectivity index (χ0v) is 8.68.